The van der Waals surface area contributed by atoms with Gasteiger partial charge in [-0.05, 0) is 30.5 Å². The standard InChI is InChI=1S/C15H21NO4/c1-5-6-11(15(16)17)7-10-8-12(18-2)14(20-4)13(9-10)19-3/h5,8-9,11H,1,6-7H2,2-4H3,(H2,16,17)/t11-/m0/s1. The molecule has 1 atom stereocenters. The summed E-state index contributed by atoms with van der Waals surface area (Å²) in [5.74, 6) is 0.999. The number of methoxy groups -OCH3 is 3. The zero-order chi connectivity index (χ0) is 15.1. The second-order valence-corrected chi connectivity index (χ2v) is 4.36. The van der Waals surface area contributed by atoms with Crippen molar-refractivity contribution in [3.05, 3.63) is 30.4 Å². The molecule has 20 heavy (non-hydrogen) atoms. The molecule has 0 bridgehead atoms. The Bertz CT molecular complexity index is 460. The summed E-state index contributed by atoms with van der Waals surface area (Å²) in [4.78, 5) is 11.4. The lowest BCUT2D eigenvalue weighted by molar-refractivity contribution is -0.121. The van der Waals surface area contributed by atoms with E-state index in [2.05, 4.69) is 6.58 Å². The highest BCUT2D eigenvalue weighted by atomic mass is 16.5. The number of benzene rings is 1. The summed E-state index contributed by atoms with van der Waals surface area (Å²) in [5, 5.41) is 0. The lowest BCUT2D eigenvalue weighted by Crippen LogP contribution is -2.24. The summed E-state index contributed by atoms with van der Waals surface area (Å²) >= 11 is 0. The highest BCUT2D eigenvalue weighted by molar-refractivity contribution is 5.77. The molecule has 0 saturated carbocycles. The van der Waals surface area contributed by atoms with Crippen LogP contribution in [0.15, 0.2) is 24.8 Å². The van der Waals surface area contributed by atoms with Gasteiger partial charge in [0.2, 0.25) is 11.7 Å². The number of rotatable bonds is 8. The monoisotopic (exact) mass is 279 g/mol. The third-order valence-corrected chi connectivity index (χ3v) is 3.06. The van der Waals surface area contributed by atoms with Crippen LogP contribution >= 0.6 is 0 Å². The number of carbonyl (C=O) groups is 1. The van der Waals surface area contributed by atoms with Crippen LogP contribution in [0.1, 0.15) is 12.0 Å². The largest absolute Gasteiger partial charge is 0.493 e. The summed E-state index contributed by atoms with van der Waals surface area (Å²) in [6, 6.07) is 3.64. The van der Waals surface area contributed by atoms with Gasteiger partial charge in [-0.25, -0.2) is 0 Å². The first kappa shape index (κ1) is 15.9. The van der Waals surface area contributed by atoms with Gasteiger partial charge in [0.15, 0.2) is 11.5 Å². The molecule has 5 nitrogen and oxygen atoms in total. The van der Waals surface area contributed by atoms with E-state index in [0.717, 1.165) is 5.56 Å². The molecule has 0 aromatic heterocycles. The predicted octanol–water partition coefficient (Wildman–Crippen LogP) is 1.93. The van der Waals surface area contributed by atoms with E-state index in [1.165, 1.54) is 0 Å². The fraction of sp³-hybridized carbons (Fsp3) is 0.400. The van der Waals surface area contributed by atoms with Crippen LogP contribution in [0.2, 0.25) is 0 Å². The Morgan fingerprint density at radius 1 is 1.25 bits per heavy atom. The van der Waals surface area contributed by atoms with Crippen molar-refractivity contribution in [3.63, 3.8) is 0 Å². The minimum atomic E-state index is -0.348. The predicted molar refractivity (Wildman–Crippen MR) is 77.3 cm³/mol. The van der Waals surface area contributed by atoms with Gasteiger partial charge in [0, 0.05) is 5.92 Å². The first-order chi connectivity index (χ1) is 9.57. The van der Waals surface area contributed by atoms with Gasteiger partial charge in [-0.1, -0.05) is 6.08 Å². The molecule has 1 amide bonds. The molecule has 0 aliphatic carbocycles. The summed E-state index contributed by atoms with van der Waals surface area (Å²) in [5.41, 5.74) is 6.29. The van der Waals surface area contributed by atoms with E-state index in [0.29, 0.717) is 30.1 Å². The Morgan fingerprint density at radius 2 is 1.80 bits per heavy atom. The van der Waals surface area contributed by atoms with Crippen molar-refractivity contribution in [2.45, 2.75) is 12.8 Å². The molecule has 0 spiro atoms. The summed E-state index contributed by atoms with van der Waals surface area (Å²) in [7, 11) is 4.65. The van der Waals surface area contributed by atoms with Crippen LogP contribution in [-0.4, -0.2) is 27.2 Å². The number of hydrogen-bond donors (Lipinski definition) is 1. The van der Waals surface area contributed by atoms with Crippen molar-refractivity contribution in [2.24, 2.45) is 11.7 Å². The third-order valence-electron chi connectivity index (χ3n) is 3.06. The SMILES string of the molecule is C=CC[C@@H](Cc1cc(OC)c(OC)c(OC)c1)C(N)=O. The molecular weight excluding hydrogens is 258 g/mol. The minimum absolute atomic E-state index is 0.296. The van der Waals surface area contributed by atoms with Crippen molar-refractivity contribution in [1.29, 1.82) is 0 Å². The van der Waals surface area contributed by atoms with E-state index in [9.17, 15) is 4.79 Å². The molecule has 5 heteroatoms. The Balaban J connectivity index is 3.12. The lowest BCUT2D eigenvalue weighted by Gasteiger charge is -2.16. The highest BCUT2D eigenvalue weighted by Gasteiger charge is 2.18. The van der Waals surface area contributed by atoms with Crippen molar-refractivity contribution in [3.8, 4) is 17.2 Å². The number of allylic oxidation sites excluding steroid dienone is 1. The second kappa shape index (κ2) is 7.43. The van der Waals surface area contributed by atoms with Crippen LogP contribution in [-0.2, 0) is 11.2 Å². The second-order valence-electron chi connectivity index (χ2n) is 4.36. The van der Waals surface area contributed by atoms with E-state index >= 15 is 0 Å². The summed E-state index contributed by atoms with van der Waals surface area (Å²) in [6.45, 7) is 3.64. The Morgan fingerprint density at radius 3 is 2.15 bits per heavy atom. The zero-order valence-corrected chi connectivity index (χ0v) is 12.1. The van der Waals surface area contributed by atoms with E-state index < -0.39 is 0 Å². The van der Waals surface area contributed by atoms with Crippen molar-refractivity contribution < 1.29 is 19.0 Å². The summed E-state index contributed by atoms with van der Waals surface area (Å²) < 4.78 is 15.8. The van der Waals surface area contributed by atoms with Crippen LogP contribution in [0, 0.1) is 5.92 Å². The van der Waals surface area contributed by atoms with Gasteiger partial charge in [-0.2, -0.15) is 0 Å². The lowest BCUT2D eigenvalue weighted by atomic mass is 9.95. The molecule has 110 valence electrons. The molecule has 0 unspecified atom stereocenters. The van der Waals surface area contributed by atoms with Gasteiger partial charge in [-0.15, -0.1) is 6.58 Å². The van der Waals surface area contributed by atoms with Gasteiger partial charge in [0.05, 0.1) is 21.3 Å². The maximum Gasteiger partial charge on any atom is 0.221 e. The van der Waals surface area contributed by atoms with Crippen LogP contribution in [0.5, 0.6) is 17.2 Å². The maximum atomic E-state index is 11.4. The minimum Gasteiger partial charge on any atom is -0.493 e. The van der Waals surface area contributed by atoms with Crippen molar-refractivity contribution in [2.75, 3.05) is 21.3 Å². The first-order valence-corrected chi connectivity index (χ1v) is 6.26. The van der Waals surface area contributed by atoms with Crippen LogP contribution < -0.4 is 19.9 Å². The van der Waals surface area contributed by atoms with Crippen molar-refractivity contribution in [1.82, 2.24) is 0 Å². The highest BCUT2D eigenvalue weighted by Crippen LogP contribution is 2.38. The smallest absolute Gasteiger partial charge is 0.221 e. The van der Waals surface area contributed by atoms with E-state index in [1.807, 2.05) is 12.1 Å². The number of carbonyl (C=O) groups excluding carboxylic acids is 1. The molecule has 0 heterocycles. The fourth-order valence-corrected chi connectivity index (χ4v) is 2.04. The molecule has 1 aromatic rings. The molecular formula is C15H21NO4. The Kier molecular flexibility index (Phi) is 5.90. The first-order valence-electron chi connectivity index (χ1n) is 6.26. The van der Waals surface area contributed by atoms with Gasteiger partial charge >= 0.3 is 0 Å². The molecule has 0 aliphatic heterocycles. The Labute approximate surface area is 119 Å². The van der Waals surface area contributed by atoms with Crippen molar-refractivity contribution >= 4 is 5.91 Å². The zero-order valence-electron chi connectivity index (χ0n) is 12.1. The molecule has 0 aliphatic rings. The normalized spacial score (nSPS) is 11.6. The summed E-state index contributed by atoms with van der Waals surface area (Å²) in [6.07, 6.45) is 2.72. The number of hydrogen-bond acceptors (Lipinski definition) is 4. The number of ether oxygens (including phenoxy) is 3. The van der Waals surface area contributed by atoms with Gasteiger partial charge in [-0.3, -0.25) is 4.79 Å². The number of nitrogens with two attached hydrogens (primary N) is 1. The van der Waals surface area contributed by atoms with Crippen LogP contribution in [0.4, 0.5) is 0 Å². The molecule has 2 N–H and O–H groups in total. The van der Waals surface area contributed by atoms with Gasteiger partial charge in [0.1, 0.15) is 0 Å². The van der Waals surface area contributed by atoms with Crippen LogP contribution in [0.3, 0.4) is 0 Å². The topological polar surface area (TPSA) is 70.8 Å². The molecule has 0 radical (unpaired) electrons. The van der Waals surface area contributed by atoms with Gasteiger partial charge in [0.25, 0.3) is 0 Å². The fourth-order valence-electron chi connectivity index (χ4n) is 2.04. The molecule has 0 fully saturated rings. The molecule has 1 aromatic carbocycles. The average molecular weight is 279 g/mol. The molecule has 1 rings (SSSR count). The quantitative estimate of drug-likeness (QED) is 0.738. The van der Waals surface area contributed by atoms with E-state index in [4.69, 9.17) is 19.9 Å². The number of amides is 1. The van der Waals surface area contributed by atoms with E-state index in [1.54, 1.807) is 27.4 Å². The van der Waals surface area contributed by atoms with E-state index in [-0.39, 0.29) is 11.8 Å². The number of primary amides is 1. The average Bonchev–Trinajstić information content (AvgIpc) is 2.45. The maximum absolute atomic E-state index is 11.4. The molecule has 0 saturated heterocycles. The Hall–Kier alpha value is -2.17. The van der Waals surface area contributed by atoms with Gasteiger partial charge < -0.3 is 19.9 Å². The van der Waals surface area contributed by atoms with Crippen LogP contribution in [0.25, 0.3) is 0 Å². The third kappa shape index (κ3) is 3.66.